The molecule has 1 N–H and O–H groups in total. The molecule has 2 rings (SSSR count). The zero-order valence-electron chi connectivity index (χ0n) is 12.4. The molecule has 4 heteroatoms. The molecule has 1 atom stereocenters. The number of aryl methyl sites for hydroxylation is 1. The Hall–Kier alpha value is -1.03. The summed E-state index contributed by atoms with van der Waals surface area (Å²) in [6, 6.07) is 12.4. The highest BCUT2D eigenvalue weighted by Crippen LogP contribution is 2.31. The maximum absolute atomic E-state index is 6.23. The summed E-state index contributed by atoms with van der Waals surface area (Å²) in [4.78, 5) is 0. The predicted octanol–water partition coefficient (Wildman–Crippen LogP) is 5.12. The van der Waals surface area contributed by atoms with E-state index in [2.05, 4.69) is 53.3 Å². The molecule has 0 amide bonds. The highest BCUT2D eigenvalue weighted by atomic mass is 79.9. The van der Waals surface area contributed by atoms with Gasteiger partial charge in [0, 0.05) is 4.47 Å². The van der Waals surface area contributed by atoms with Crippen molar-refractivity contribution in [3.63, 3.8) is 0 Å². The van der Waals surface area contributed by atoms with Gasteiger partial charge in [-0.2, -0.15) is 0 Å². The minimum atomic E-state index is 0.116. The Kier molecular flexibility index (Phi) is 5.68. The quantitative estimate of drug-likeness (QED) is 0.791. The Bertz CT molecular complexity index is 630. The van der Waals surface area contributed by atoms with E-state index in [-0.39, 0.29) is 6.04 Å². The topological polar surface area (TPSA) is 21.3 Å². The number of nitrogens with one attached hydrogen (secondary N) is 1. The molecule has 0 aliphatic carbocycles. The molecular weight excluding hydrogens is 350 g/mol. The van der Waals surface area contributed by atoms with Crippen molar-refractivity contribution in [2.45, 2.75) is 19.9 Å². The number of methoxy groups -OCH3 is 1. The third-order valence-corrected chi connectivity index (χ3v) is 4.67. The van der Waals surface area contributed by atoms with Gasteiger partial charge in [-0.3, -0.25) is 0 Å². The van der Waals surface area contributed by atoms with Crippen LogP contribution in [0.2, 0.25) is 5.02 Å². The Labute approximate surface area is 139 Å². The summed E-state index contributed by atoms with van der Waals surface area (Å²) in [7, 11) is 1.69. The first-order chi connectivity index (χ1) is 10.1. The minimum Gasteiger partial charge on any atom is -0.496 e. The number of benzene rings is 2. The molecule has 2 aromatic carbocycles. The van der Waals surface area contributed by atoms with Gasteiger partial charge in [-0.05, 0) is 64.3 Å². The molecule has 0 aliphatic heterocycles. The molecule has 0 saturated heterocycles. The van der Waals surface area contributed by atoms with Crippen LogP contribution >= 0.6 is 27.5 Å². The highest BCUT2D eigenvalue weighted by molar-refractivity contribution is 9.10. The van der Waals surface area contributed by atoms with Gasteiger partial charge in [0.1, 0.15) is 5.75 Å². The second-order valence-electron chi connectivity index (χ2n) is 4.89. The molecule has 0 bridgehead atoms. The predicted molar refractivity (Wildman–Crippen MR) is 92.4 cm³/mol. The third kappa shape index (κ3) is 3.79. The molecule has 2 aromatic rings. The van der Waals surface area contributed by atoms with E-state index in [1.807, 2.05) is 18.2 Å². The molecule has 21 heavy (non-hydrogen) atoms. The van der Waals surface area contributed by atoms with E-state index in [1.54, 1.807) is 7.11 Å². The smallest absolute Gasteiger partial charge is 0.121 e. The van der Waals surface area contributed by atoms with Gasteiger partial charge in [0.15, 0.2) is 0 Å². The van der Waals surface area contributed by atoms with Gasteiger partial charge in [-0.15, -0.1) is 0 Å². The maximum Gasteiger partial charge on any atom is 0.121 e. The lowest BCUT2D eigenvalue weighted by molar-refractivity contribution is 0.411. The molecule has 0 saturated carbocycles. The average molecular weight is 369 g/mol. The van der Waals surface area contributed by atoms with Crippen LogP contribution in [-0.4, -0.2) is 13.7 Å². The molecule has 2 nitrogen and oxygen atoms in total. The standard InChI is InChI=1S/C17H19BrClNO/c1-4-20-17(13-5-7-14(18)15(19)10-13)12-6-8-16(21-3)11(2)9-12/h5-10,17,20H,4H2,1-3H3. The number of ether oxygens (including phenoxy) is 1. The van der Waals surface area contributed by atoms with Gasteiger partial charge in [0.05, 0.1) is 18.2 Å². The summed E-state index contributed by atoms with van der Waals surface area (Å²) in [5.74, 6) is 0.905. The van der Waals surface area contributed by atoms with Gasteiger partial charge in [-0.1, -0.05) is 36.7 Å². The van der Waals surface area contributed by atoms with Crippen molar-refractivity contribution in [2.24, 2.45) is 0 Å². The van der Waals surface area contributed by atoms with E-state index in [9.17, 15) is 0 Å². The number of hydrogen-bond donors (Lipinski definition) is 1. The van der Waals surface area contributed by atoms with Crippen LogP contribution in [-0.2, 0) is 0 Å². The normalized spacial score (nSPS) is 12.2. The van der Waals surface area contributed by atoms with Crippen molar-refractivity contribution >= 4 is 27.5 Å². The van der Waals surface area contributed by atoms with Gasteiger partial charge in [0.25, 0.3) is 0 Å². The summed E-state index contributed by atoms with van der Waals surface area (Å²) in [6.45, 7) is 5.03. The number of hydrogen-bond acceptors (Lipinski definition) is 2. The molecule has 0 radical (unpaired) electrons. The van der Waals surface area contributed by atoms with Crippen molar-refractivity contribution < 1.29 is 4.74 Å². The molecule has 112 valence electrons. The summed E-state index contributed by atoms with van der Waals surface area (Å²) in [5.41, 5.74) is 3.48. The van der Waals surface area contributed by atoms with Crippen LogP contribution in [0.25, 0.3) is 0 Å². The zero-order chi connectivity index (χ0) is 15.4. The first kappa shape index (κ1) is 16.3. The first-order valence-corrected chi connectivity index (χ1v) is 8.06. The van der Waals surface area contributed by atoms with Crippen molar-refractivity contribution in [1.82, 2.24) is 5.32 Å². The summed E-state index contributed by atoms with van der Waals surface area (Å²) >= 11 is 9.67. The maximum atomic E-state index is 6.23. The van der Waals surface area contributed by atoms with Crippen molar-refractivity contribution in [2.75, 3.05) is 13.7 Å². The van der Waals surface area contributed by atoms with Crippen LogP contribution in [0.15, 0.2) is 40.9 Å². The van der Waals surface area contributed by atoms with Crippen molar-refractivity contribution in [3.8, 4) is 5.75 Å². The fourth-order valence-electron chi connectivity index (χ4n) is 2.41. The van der Waals surface area contributed by atoms with E-state index in [0.717, 1.165) is 32.9 Å². The van der Waals surface area contributed by atoms with Crippen LogP contribution in [0.3, 0.4) is 0 Å². The van der Waals surface area contributed by atoms with E-state index in [1.165, 1.54) is 5.56 Å². The van der Waals surface area contributed by atoms with Crippen LogP contribution in [0.5, 0.6) is 5.75 Å². The largest absolute Gasteiger partial charge is 0.496 e. The van der Waals surface area contributed by atoms with Crippen LogP contribution in [0.1, 0.15) is 29.7 Å². The minimum absolute atomic E-state index is 0.116. The second kappa shape index (κ2) is 7.30. The van der Waals surface area contributed by atoms with Crippen LogP contribution < -0.4 is 10.1 Å². The average Bonchev–Trinajstić information content (AvgIpc) is 2.48. The van der Waals surface area contributed by atoms with E-state index < -0.39 is 0 Å². The Morgan fingerprint density at radius 3 is 2.43 bits per heavy atom. The van der Waals surface area contributed by atoms with Crippen LogP contribution in [0, 0.1) is 6.92 Å². The van der Waals surface area contributed by atoms with E-state index in [0.29, 0.717) is 0 Å². The molecule has 0 aromatic heterocycles. The molecule has 0 spiro atoms. The van der Waals surface area contributed by atoms with Gasteiger partial charge in [0.2, 0.25) is 0 Å². The van der Waals surface area contributed by atoms with E-state index >= 15 is 0 Å². The lowest BCUT2D eigenvalue weighted by atomic mass is 9.97. The monoisotopic (exact) mass is 367 g/mol. The molecular formula is C17H19BrClNO. The Balaban J connectivity index is 2.42. The molecule has 1 unspecified atom stereocenters. The SMILES string of the molecule is CCNC(c1ccc(OC)c(C)c1)c1ccc(Br)c(Cl)c1. The zero-order valence-corrected chi connectivity index (χ0v) is 14.8. The van der Waals surface area contributed by atoms with Gasteiger partial charge < -0.3 is 10.1 Å². The first-order valence-electron chi connectivity index (χ1n) is 6.89. The lowest BCUT2D eigenvalue weighted by Gasteiger charge is -2.20. The third-order valence-electron chi connectivity index (χ3n) is 3.44. The fraction of sp³-hybridized carbons (Fsp3) is 0.294. The molecule has 0 aliphatic rings. The lowest BCUT2D eigenvalue weighted by Crippen LogP contribution is -2.22. The Morgan fingerprint density at radius 1 is 1.19 bits per heavy atom. The van der Waals surface area contributed by atoms with Crippen LogP contribution in [0.4, 0.5) is 0 Å². The molecule has 0 fully saturated rings. The Morgan fingerprint density at radius 2 is 1.86 bits per heavy atom. The van der Waals surface area contributed by atoms with Gasteiger partial charge in [-0.25, -0.2) is 0 Å². The number of halogens is 2. The van der Waals surface area contributed by atoms with Gasteiger partial charge >= 0.3 is 0 Å². The number of rotatable bonds is 5. The summed E-state index contributed by atoms with van der Waals surface area (Å²) in [6.07, 6.45) is 0. The second-order valence-corrected chi connectivity index (χ2v) is 6.15. The van der Waals surface area contributed by atoms with Crippen molar-refractivity contribution in [1.29, 1.82) is 0 Å². The fourth-order valence-corrected chi connectivity index (χ4v) is 2.84. The molecule has 0 heterocycles. The summed E-state index contributed by atoms with van der Waals surface area (Å²) < 4.78 is 6.24. The summed E-state index contributed by atoms with van der Waals surface area (Å²) in [5, 5.41) is 4.23. The highest BCUT2D eigenvalue weighted by Gasteiger charge is 2.15. The van der Waals surface area contributed by atoms with Crippen molar-refractivity contribution in [3.05, 3.63) is 62.6 Å². The van der Waals surface area contributed by atoms with E-state index in [4.69, 9.17) is 16.3 Å².